The first kappa shape index (κ1) is 12.3. The highest BCUT2D eigenvalue weighted by molar-refractivity contribution is 6.28. The summed E-state index contributed by atoms with van der Waals surface area (Å²) in [7, 11) is 1.50. The second-order valence-electron chi connectivity index (χ2n) is 4.05. The van der Waals surface area contributed by atoms with Gasteiger partial charge in [0.1, 0.15) is 0 Å². The Morgan fingerprint density at radius 1 is 1.24 bits per heavy atom. The number of hydrogen-bond acceptors (Lipinski definition) is 6. The van der Waals surface area contributed by atoms with Gasteiger partial charge in [-0.3, -0.25) is 0 Å². The molecule has 2 atom stereocenters. The summed E-state index contributed by atoms with van der Waals surface area (Å²) in [5.41, 5.74) is 0. The van der Waals surface area contributed by atoms with Gasteiger partial charge >= 0.3 is 6.01 Å². The topological polar surface area (TPSA) is 60.4 Å². The Hall–Kier alpha value is -1.14. The lowest BCUT2D eigenvalue weighted by molar-refractivity contribution is -0.00577. The molecule has 0 radical (unpaired) electrons. The lowest BCUT2D eigenvalue weighted by Gasteiger charge is -2.35. The first-order valence-electron chi connectivity index (χ1n) is 5.44. The number of halogens is 1. The third-order valence-electron chi connectivity index (χ3n) is 2.46. The van der Waals surface area contributed by atoms with Crippen LogP contribution in [0.2, 0.25) is 5.28 Å². The van der Waals surface area contributed by atoms with Crippen LogP contribution in [-0.2, 0) is 4.74 Å². The van der Waals surface area contributed by atoms with Crippen LogP contribution in [0.4, 0.5) is 5.95 Å². The van der Waals surface area contributed by atoms with Gasteiger partial charge in [0, 0.05) is 13.1 Å². The average molecular weight is 259 g/mol. The van der Waals surface area contributed by atoms with E-state index in [1.807, 2.05) is 18.7 Å². The van der Waals surface area contributed by atoms with Crippen LogP contribution < -0.4 is 9.64 Å². The van der Waals surface area contributed by atoms with Gasteiger partial charge in [-0.15, -0.1) is 0 Å². The third-order valence-corrected chi connectivity index (χ3v) is 2.63. The Labute approximate surface area is 105 Å². The Morgan fingerprint density at radius 3 is 2.47 bits per heavy atom. The maximum absolute atomic E-state index is 5.82. The van der Waals surface area contributed by atoms with Crippen molar-refractivity contribution in [2.75, 3.05) is 25.1 Å². The third kappa shape index (κ3) is 2.95. The molecule has 1 aromatic heterocycles. The molecule has 0 saturated carbocycles. The molecule has 1 aliphatic heterocycles. The van der Waals surface area contributed by atoms with Gasteiger partial charge in [0.15, 0.2) is 0 Å². The molecule has 1 aliphatic rings. The van der Waals surface area contributed by atoms with Crippen molar-refractivity contribution in [2.24, 2.45) is 0 Å². The largest absolute Gasteiger partial charge is 0.467 e. The van der Waals surface area contributed by atoms with Crippen molar-refractivity contribution in [3.63, 3.8) is 0 Å². The molecule has 0 aromatic carbocycles. The molecule has 94 valence electrons. The number of methoxy groups -OCH3 is 1. The van der Waals surface area contributed by atoms with Crippen LogP contribution in [0.3, 0.4) is 0 Å². The molecule has 0 N–H and O–H groups in total. The Kier molecular flexibility index (Phi) is 3.63. The maximum atomic E-state index is 5.82. The van der Waals surface area contributed by atoms with Gasteiger partial charge in [-0.2, -0.15) is 15.0 Å². The van der Waals surface area contributed by atoms with E-state index in [9.17, 15) is 0 Å². The molecule has 2 heterocycles. The molecule has 6 nitrogen and oxygen atoms in total. The summed E-state index contributed by atoms with van der Waals surface area (Å²) < 4.78 is 10.6. The second kappa shape index (κ2) is 5.01. The van der Waals surface area contributed by atoms with E-state index < -0.39 is 0 Å². The molecule has 2 unspecified atom stereocenters. The lowest BCUT2D eigenvalue weighted by Crippen LogP contribution is -2.46. The molecule has 17 heavy (non-hydrogen) atoms. The van der Waals surface area contributed by atoms with Crippen molar-refractivity contribution < 1.29 is 9.47 Å². The van der Waals surface area contributed by atoms with Crippen LogP contribution in [-0.4, -0.2) is 47.4 Å². The standard InChI is InChI=1S/C10H15ClN4O2/c1-6-4-15(5-7(2)17-6)9-12-8(11)13-10(14-9)16-3/h6-7H,4-5H2,1-3H3. The normalized spacial score (nSPS) is 24.8. The summed E-state index contributed by atoms with van der Waals surface area (Å²) in [5.74, 6) is 0.531. The second-order valence-corrected chi connectivity index (χ2v) is 4.39. The summed E-state index contributed by atoms with van der Waals surface area (Å²) in [6.07, 6.45) is 0.278. The number of morpholine rings is 1. The van der Waals surface area contributed by atoms with Crippen LogP contribution in [0, 0.1) is 0 Å². The number of hydrogen-bond donors (Lipinski definition) is 0. The smallest absolute Gasteiger partial charge is 0.322 e. The van der Waals surface area contributed by atoms with E-state index in [-0.39, 0.29) is 23.5 Å². The molecule has 1 saturated heterocycles. The van der Waals surface area contributed by atoms with Crippen molar-refractivity contribution in [2.45, 2.75) is 26.1 Å². The highest BCUT2D eigenvalue weighted by Gasteiger charge is 2.24. The van der Waals surface area contributed by atoms with Gasteiger partial charge in [-0.25, -0.2) is 0 Å². The Morgan fingerprint density at radius 2 is 1.88 bits per heavy atom. The van der Waals surface area contributed by atoms with Gasteiger partial charge in [-0.1, -0.05) is 0 Å². The number of nitrogens with zero attached hydrogens (tertiary/aromatic N) is 4. The summed E-state index contributed by atoms with van der Waals surface area (Å²) in [5, 5.41) is 0.138. The van der Waals surface area contributed by atoms with E-state index in [0.29, 0.717) is 5.95 Å². The van der Waals surface area contributed by atoms with Gasteiger partial charge in [0.25, 0.3) is 0 Å². The fourth-order valence-electron chi connectivity index (χ4n) is 1.90. The van der Waals surface area contributed by atoms with Crippen molar-refractivity contribution in [1.29, 1.82) is 0 Å². The Bertz CT molecular complexity index is 394. The van der Waals surface area contributed by atoms with Gasteiger partial charge < -0.3 is 14.4 Å². The van der Waals surface area contributed by atoms with E-state index in [1.165, 1.54) is 7.11 Å². The monoisotopic (exact) mass is 258 g/mol. The quantitative estimate of drug-likeness (QED) is 0.793. The molecule has 0 amide bonds. The van der Waals surface area contributed by atoms with Crippen molar-refractivity contribution in [1.82, 2.24) is 15.0 Å². The summed E-state index contributed by atoms with van der Waals surface area (Å²) >= 11 is 5.82. The predicted molar refractivity (Wildman–Crippen MR) is 63.6 cm³/mol. The van der Waals surface area contributed by atoms with E-state index in [0.717, 1.165) is 13.1 Å². The van der Waals surface area contributed by atoms with Crippen LogP contribution in [0.25, 0.3) is 0 Å². The number of ether oxygens (including phenoxy) is 2. The van der Waals surface area contributed by atoms with E-state index in [4.69, 9.17) is 21.1 Å². The highest BCUT2D eigenvalue weighted by atomic mass is 35.5. The van der Waals surface area contributed by atoms with Crippen LogP contribution in [0.1, 0.15) is 13.8 Å². The van der Waals surface area contributed by atoms with Gasteiger partial charge in [0.05, 0.1) is 19.3 Å². The van der Waals surface area contributed by atoms with Gasteiger partial charge in [0.2, 0.25) is 11.2 Å². The minimum Gasteiger partial charge on any atom is -0.467 e. The molecule has 0 spiro atoms. The number of anilines is 1. The van der Waals surface area contributed by atoms with Crippen LogP contribution >= 0.6 is 11.6 Å². The van der Waals surface area contributed by atoms with Crippen molar-refractivity contribution in [3.8, 4) is 6.01 Å². The van der Waals surface area contributed by atoms with Crippen molar-refractivity contribution >= 4 is 17.5 Å². The first-order chi connectivity index (χ1) is 8.08. The minimum absolute atomic E-state index is 0.138. The number of rotatable bonds is 2. The van der Waals surface area contributed by atoms with Crippen molar-refractivity contribution in [3.05, 3.63) is 5.28 Å². The molecular formula is C10H15ClN4O2. The summed E-state index contributed by atoms with van der Waals surface area (Å²) in [6, 6.07) is 0.229. The molecule has 0 aliphatic carbocycles. The zero-order chi connectivity index (χ0) is 12.4. The molecule has 2 rings (SSSR count). The highest BCUT2D eigenvalue weighted by Crippen LogP contribution is 2.19. The van der Waals surface area contributed by atoms with E-state index in [2.05, 4.69) is 15.0 Å². The average Bonchev–Trinajstić information content (AvgIpc) is 2.26. The zero-order valence-electron chi connectivity index (χ0n) is 10.1. The Balaban J connectivity index is 2.23. The minimum atomic E-state index is 0.138. The molecule has 1 fully saturated rings. The fraction of sp³-hybridized carbons (Fsp3) is 0.700. The van der Waals surface area contributed by atoms with E-state index in [1.54, 1.807) is 0 Å². The zero-order valence-corrected chi connectivity index (χ0v) is 10.8. The molecule has 0 bridgehead atoms. The fourth-order valence-corrected chi connectivity index (χ4v) is 2.04. The SMILES string of the molecule is COc1nc(Cl)nc(N2CC(C)OC(C)C2)n1. The van der Waals surface area contributed by atoms with Crippen LogP contribution in [0.15, 0.2) is 0 Å². The van der Waals surface area contributed by atoms with Crippen LogP contribution in [0.5, 0.6) is 6.01 Å². The van der Waals surface area contributed by atoms with E-state index >= 15 is 0 Å². The molecule has 7 heteroatoms. The van der Waals surface area contributed by atoms with Gasteiger partial charge in [-0.05, 0) is 25.4 Å². The maximum Gasteiger partial charge on any atom is 0.322 e. The summed E-state index contributed by atoms with van der Waals surface area (Å²) in [6.45, 7) is 5.49. The predicted octanol–water partition coefficient (Wildman–Crippen LogP) is 1.15. The molecule has 1 aromatic rings. The summed E-state index contributed by atoms with van der Waals surface area (Å²) in [4.78, 5) is 14.2. The molecular weight excluding hydrogens is 244 g/mol. The lowest BCUT2D eigenvalue weighted by atomic mass is 10.2. The number of aromatic nitrogens is 3. The first-order valence-corrected chi connectivity index (χ1v) is 5.82.